The Bertz CT molecular complexity index is 732. The van der Waals surface area contributed by atoms with Gasteiger partial charge in [0.05, 0.1) is 17.6 Å². The first-order valence-electron chi connectivity index (χ1n) is 7.51. The van der Waals surface area contributed by atoms with Gasteiger partial charge in [0.1, 0.15) is 5.15 Å². The molecule has 2 aliphatic rings. The summed E-state index contributed by atoms with van der Waals surface area (Å²) in [5.41, 5.74) is 4.42. The van der Waals surface area contributed by atoms with Gasteiger partial charge in [-0.25, -0.2) is 4.98 Å². The summed E-state index contributed by atoms with van der Waals surface area (Å²) in [7, 11) is 2.08. The van der Waals surface area contributed by atoms with E-state index in [0.29, 0.717) is 11.1 Å². The third kappa shape index (κ3) is 2.51. The van der Waals surface area contributed by atoms with Crippen molar-refractivity contribution in [3.63, 3.8) is 0 Å². The van der Waals surface area contributed by atoms with Crippen molar-refractivity contribution in [2.45, 2.75) is 6.54 Å². The predicted octanol–water partition coefficient (Wildman–Crippen LogP) is 2.14. The van der Waals surface area contributed by atoms with Crippen molar-refractivity contribution in [3.8, 4) is 0 Å². The third-order valence-electron chi connectivity index (χ3n) is 4.31. The highest BCUT2D eigenvalue weighted by Crippen LogP contribution is 2.31. The van der Waals surface area contributed by atoms with Gasteiger partial charge in [-0.15, -0.1) is 0 Å². The van der Waals surface area contributed by atoms with Crippen LogP contribution in [0.3, 0.4) is 0 Å². The Morgan fingerprint density at radius 2 is 2.23 bits per heavy atom. The lowest BCUT2D eigenvalue weighted by molar-refractivity contribution is 0.295. The van der Waals surface area contributed by atoms with Gasteiger partial charge in [0.15, 0.2) is 0 Å². The molecule has 0 atom stereocenters. The first-order valence-corrected chi connectivity index (χ1v) is 7.88. The average molecular weight is 316 g/mol. The Hall–Kier alpha value is -1.85. The van der Waals surface area contributed by atoms with Gasteiger partial charge in [-0.1, -0.05) is 11.6 Å². The van der Waals surface area contributed by atoms with E-state index in [2.05, 4.69) is 39.6 Å². The number of rotatable bonds is 3. The minimum Gasteiger partial charge on any atom is -0.368 e. The van der Waals surface area contributed by atoms with Crippen LogP contribution in [0.25, 0.3) is 11.6 Å². The highest BCUT2D eigenvalue weighted by atomic mass is 35.5. The molecule has 6 heteroatoms. The second kappa shape index (κ2) is 5.41. The number of aromatic nitrogens is 3. The van der Waals surface area contributed by atoms with Crippen molar-refractivity contribution in [2.24, 2.45) is 5.92 Å². The van der Waals surface area contributed by atoms with Gasteiger partial charge in [-0.2, -0.15) is 5.10 Å². The maximum Gasteiger partial charge on any atom is 0.129 e. The lowest BCUT2D eigenvalue weighted by Gasteiger charge is -2.27. The number of nitrogens with zero attached hydrogens (tertiary/aromatic N) is 4. The second-order valence-electron chi connectivity index (χ2n) is 6.04. The standard InChI is InChI=1S/C16H18ClN5/c1-21-9-12(4-14-15(21)2-3-16(17)20-14)13-7-19-22(10-13)8-11-5-18-6-11/h2-4,7,10-11,18H,5-6,8-9H2,1H3. The normalized spacial score (nSPS) is 17.9. The molecule has 0 unspecified atom stereocenters. The summed E-state index contributed by atoms with van der Waals surface area (Å²) in [6.45, 7) is 4.02. The van der Waals surface area contributed by atoms with Gasteiger partial charge < -0.3 is 10.2 Å². The fourth-order valence-electron chi connectivity index (χ4n) is 2.97. The maximum atomic E-state index is 6.02. The van der Waals surface area contributed by atoms with Crippen LogP contribution < -0.4 is 10.2 Å². The predicted molar refractivity (Wildman–Crippen MR) is 89.0 cm³/mol. The SMILES string of the molecule is CN1CC(c2cnn(CC3CNC3)c2)=Cc2nc(Cl)ccc21. The summed E-state index contributed by atoms with van der Waals surface area (Å²) in [6.07, 6.45) is 6.20. The molecule has 22 heavy (non-hydrogen) atoms. The molecule has 0 aromatic carbocycles. The van der Waals surface area contributed by atoms with E-state index >= 15 is 0 Å². The molecular formula is C16H18ClN5. The molecule has 0 aliphatic carbocycles. The van der Waals surface area contributed by atoms with Crippen LogP contribution in [0.2, 0.25) is 5.15 Å². The highest BCUT2D eigenvalue weighted by Gasteiger charge is 2.20. The zero-order valence-electron chi connectivity index (χ0n) is 12.5. The number of pyridine rings is 1. The fourth-order valence-corrected chi connectivity index (χ4v) is 3.12. The Morgan fingerprint density at radius 1 is 1.36 bits per heavy atom. The van der Waals surface area contributed by atoms with Gasteiger partial charge in [-0.3, -0.25) is 4.68 Å². The lowest BCUT2D eigenvalue weighted by atomic mass is 10.0. The fraction of sp³-hybridized carbons (Fsp3) is 0.375. The van der Waals surface area contributed by atoms with Crippen LogP contribution in [0, 0.1) is 5.92 Å². The number of anilines is 1. The monoisotopic (exact) mass is 315 g/mol. The first kappa shape index (κ1) is 13.8. The zero-order chi connectivity index (χ0) is 15.1. The molecule has 2 aromatic rings. The Labute approximate surface area is 134 Å². The summed E-state index contributed by atoms with van der Waals surface area (Å²) in [5, 5.41) is 8.31. The van der Waals surface area contributed by atoms with Crippen molar-refractivity contribution in [1.29, 1.82) is 0 Å². The number of halogens is 1. The molecule has 0 radical (unpaired) electrons. The Morgan fingerprint density at radius 3 is 3.00 bits per heavy atom. The quantitative estimate of drug-likeness (QED) is 0.882. The van der Waals surface area contributed by atoms with Crippen LogP contribution in [0.5, 0.6) is 0 Å². The molecule has 4 rings (SSSR count). The van der Waals surface area contributed by atoms with Crippen LogP contribution in [0.4, 0.5) is 5.69 Å². The Balaban J connectivity index is 1.62. The largest absolute Gasteiger partial charge is 0.368 e. The highest BCUT2D eigenvalue weighted by molar-refractivity contribution is 6.29. The summed E-state index contributed by atoms with van der Waals surface area (Å²) in [4.78, 5) is 6.62. The summed E-state index contributed by atoms with van der Waals surface area (Å²) in [6, 6.07) is 3.85. The van der Waals surface area contributed by atoms with Crippen LogP contribution in [-0.4, -0.2) is 41.4 Å². The molecule has 1 saturated heterocycles. The number of fused-ring (bicyclic) bond motifs is 1. The van der Waals surface area contributed by atoms with Gasteiger partial charge in [0, 0.05) is 50.9 Å². The molecule has 4 heterocycles. The molecular weight excluding hydrogens is 298 g/mol. The van der Waals surface area contributed by atoms with Crippen molar-refractivity contribution >= 4 is 28.9 Å². The van der Waals surface area contributed by atoms with E-state index in [1.165, 1.54) is 5.57 Å². The van der Waals surface area contributed by atoms with Crippen molar-refractivity contribution < 1.29 is 0 Å². The molecule has 0 bridgehead atoms. The van der Waals surface area contributed by atoms with Gasteiger partial charge in [-0.05, 0) is 23.8 Å². The molecule has 0 spiro atoms. The molecule has 2 aromatic heterocycles. The summed E-state index contributed by atoms with van der Waals surface area (Å²) < 4.78 is 2.04. The van der Waals surface area contributed by atoms with E-state index in [9.17, 15) is 0 Å². The van der Waals surface area contributed by atoms with Gasteiger partial charge >= 0.3 is 0 Å². The van der Waals surface area contributed by atoms with Crippen molar-refractivity contribution in [1.82, 2.24) is 20.1 Å². The first-order chi connectivity index (χ1) is 10.7. The van der Waals surface area contributed by atoms with E-state index in [4.69, 9.17) is 11.6 Å². The van der Waals surface area contributed by atoms with Crippen LogP contribution in [0.15, 0.2) is 24.5 Å². The van der Waals surface area contributed by atoms with Crippen molar-refractivity contribution in [3.05, 3.63) is 40.9 Å². The van der Waals surface area contributed by atoms with Crippen LogP contribution in [-0.2, 0) is 6.54 Å². The smallest absolute Gasteiger partial charge is 0.129 e. The molecule has 1 N–H and O–H groups in total. The Kier molecular flexibility index (Phi) is 3.39. The molecule has 114 valence electrons. The van der Waals surface area contributed by atoms with Gasteiger partial charge in [0.25, 0.3) is 0 Å². The van der Waals surface area contributed by atoms with E-state index in [1.54, 1.807) is 0 Å². The van der Waals surface area contributed by atoms with Crippen molar-refractivity contribution in [2.75, 3.05) is 31.6 Å². The van der Waals surface area contributed by atoms with E-state index in [0.717, 1.165) is 43.1 Å². The number of hydrogen-bond donors (Lipinski definition) is 1. The van der Waals surface area contributed by atoms with E-state index in [-0.39, 0.29) is 0 Å². The summed E-state index contributed by atoms with van der Waals surface area (Å²) >= 11 is 6.02. The second-order valence-corrected chi connectivity index (χ2v) is 6.43. The van der Waals surface area contributed by atoms with Crippen LogP contribution in [0.1, 0.15) is 11.3 Å². The molecule has 1 fully saturated rings. The van der Waals surface area contributed by atoms with E-state index < -0.39 is 0 Å². The third-order valence-corrected chi connectivity index (χ3v) is 4.52. The number of hydrogen-bond acceptors (Lipinski definition) is 4. The zero-order valence-corrected chi connectivity index (χ0v) is 13.2. The van der Waals surface area contributed by atoms with Gasteiger partial charge in [0.2, 0.25) is 0 Å². The number of nitrogens with one attached hydrogen (secondary N) is 1. The topological polar surface area (TPSA) is 46.0 Å². The lowest BCUT2D eigenvalue weighted by Crippen LogP contribution is -2.44. The number of likely N-dealkylation sites (N-methyl/N-ethyl adjacent to an activating group) is 1. The van der Waals surface area contributed by atoms with E-state index in [1.807, 2.05) is 23.0 Å². The average Bonchev–Trinajstić information content (AvgIpc) is 2.91. The minimum absolute atomic E-state index is 0.526. The molecule has 5 nitrogen and oxygen atoms in total. The summed E-state index contributed by atoms with van der Waals surface area (Å²) in [5.74, 6) is 0.706. The molecule has 0 amide bonds. The minimum atomic E-state index is 0.526. The maximum absolute atomic E-state index is 6.02. The molecule has 0 saturated carbocycles. The van der Waals surface area contributed by atoms with Crippen LogP contribution >= 0.6 is 11.6 Å². The molecule has 2 aliphatic heterocycles.